The molecule has 0 saturated heterocycles. The van der Waals surface area contributed by atoms with E-state index in [0.717, 1.165) is 16.6 Å². The molecule has 0 unspecified atom stereocenters. The highest BCUT2D eigenvalue weighted by atomic mass is 32.2. The standard InChI is InChI=1S/C16H24N4S/c1-2-3-4-5-6-7-12-17-14-8-10-15(11-9-14)21-16-18-13-19-20-16/h8-11,13,17H,2-7,12H2,1H3,(H,18,19,20). The van der Waals surface area contributed by atoms with Crippen molar-refractivity contribution in [2.45, 2.75) is 55.5 Å². The average molecular weight is 304 g/mol. The normalized spacial score (nSPS) is 10.7. The summed E-state index contributed by atoms with van der Waals surface area (Å²) < 4.78 is 0. The van der Waals surface area contributed by atoms with Crippen molar-refractivity contribution < 1.29 is 0 Å². The molecular weight excluding hydrogens is 280 g/mol. The van der Waals surface area contributed by atoms with E-state index < -0.39 is 0 Å². The van der Waals surface area contributed by atoms with Gasteiger partial charge in [-0.2, -0.15) is 5.10 Å². The van der Waals surface area contributed by atoms with E-state index >= 15 is 0 Å². The third-order valence-corrected chi connectivity index (χ3v) is 4.22. The third-order valence-electron chi connectivity index (χ3n) is 3.32. The van der Waals surface area contributed by atoms with E-state index in [1.54, 1.807) is 11.8 Å². The minimum atomic E-state index is 0.822. The van der Waals surface area contributed by atoms with E-state index in [2.05, 4.69) is 51.7 Å². The second kappa shape index (κ2) is 9.45. The molecule has 2 N–H and O–H groups in total. The van der Waals surface area contributed by atoms with Crippen LogP contribution >= 0.6 is 11.8 Å². The third kappa shape index (κ3) is 6.21. The van der Waals surface area contributed by atoms with Gasteiger partial charge in [-0.3, -0.25) is 5.10 Å². The van der Waals surface area contributed by atoms with Gasteiger partial charge in [-0.1, -0.05) is 50.8 Å². The van der Waals surface area contributed by atoms with Crippen LogP contribution in [0.3, 0.4) is 0 Å². The number of hydrogen-bond donors (Lipinski definition) is 2. The fourth-order valence-corrected chi connectivity index (χ4v) is 2.83. The molecule has 0 radical (unpaired) electrons. The van der Waals surface area contributed by atoms with Crippen LogP contribution in [0.15, 0.2) is 40.6 Å². The van der Waals surface area contributed by atoms with Gasteiger partial charge in [0, 0.05) is 17.1 Å². The molecule has 0 saturated carbocycles. The number of H-pyrrole nitrogens is 1. The maximum absolute atomic E-state index is 4.11. The van der Waals surface area contributed by atoms with Gasteiger partial charge in [-0.15, -0.1) is 0 Å². The van der Waals surface area contributed by atoms with Crippen LogP contribution < -0.4 is 5.32 Å². The molecule has 0 amide bonds. The lowest BCUT2D eigenvalue weighted by Crippen LogP contribution is -2.01. The lowest BCUT2D eigenvalue weighted by molar-refractivity contribution is 0.617. The van der Waals surface area contributed by atoms with Crippen molar-refractivity contribution in [1.82, 2.24) is 15.2 Å². The number of benzene rings is 1. The molecule has 21 heavy (non-hydrogen) atoms. The molecule has 1 aromatic carbocycles. The highest BCUT2D eigenvalue weighted by Crippen LogP contribution is 2.25. The van der Waals surface area contributed by atoms with Crippen molar-refractivity contribution in [3.05, 3.63) is 30.6 Å². The Morgan fingerprint density at radius 3 is 2.52 bits per heavy atom. The van der Waals surface area contributed by atoms with Gasteiger partial charge in [0.1, 0.15) is 6.33 Å². The van der Waals surface area contributed by atoms with Crippen LogP contribution in [0.5, 0.6) is 0 Å². The van der Waals surface area contributed by atoms with E-state index in [1.807, 2.05) is 0 Å². The molecule has 5 heteroatoms. The minimum absolute atomic E-state index is 0.822. The quantitative estimate of drug-likeness (QED) is 0.623. The van der Waals surface area contributed by atoms with Crippen molar-refractivity contribution in [2.24, 2.45) is 0 Å². The number of nitrogens with zero attached hydrogens (tertiary/aromatic N) is 2. The van der Waals surface area contributed by atoms with E-state index in [0.29, 0.717) is 0 Å². The number of unbranched alkanes of at least 4 members (excludes halogenated alkanes) is 5. The second-order valence-corrected chi connectivity index (χ2v) is 6.17. The van der Waals surface area contributed by atoms with Gasteiger partial charge >= 0.3 is 0 Å². The van der Waals surface area contributed by atoms with Gasteiger partial charge in [0.2, 0.25) is 0 Å². The number of nitrogens with one attached hydrogen (secondary N) is 2. The van der Waals surface area contributed by atoms with Crippen LogP contribution in [0.1, 0.15) is 45.4 Å². The summed E-state index contributed by atoms with van der Waals surface area (Å²) in [6, 6.07) is 8.46. The van der Waals surface area contributed by atoms with E-state index in [4.69, 9.17) is 0 Å². The van der Waals surface area contributed by atoms with Crippen molar-refractivity contribution in [3.63, 3.8) is 0 Å². The maximum Gasteiger partial charge on any atom is 0.188 e. The summed E-state index contributed by atoms with van der Waals surface area (Å²) in [5.41, 5.74) is 1.19. The molecule has 0 aliphatic heterocycles. The molecule has 1 aromatic heterocycles. The summed E-state index contributed by atoms with van der Waals surface area (Å²) in [4.78, 5) is 5.27. The topological polar surface area (TPSA) is 53.6 Å². The molecule has 0 fully saturated rings. The highest BCUT2D eigenvalue weighted by Gasteiger charge is 2.00. The smallest absolute Gasteiger partial charge is 0.188 e. The Hall–Kier alpha value is -1.49. The summed E-state index contributed by atoms with van der Waals surface area (Å²) in [7, 11) is 0. The SMILES string of the molecule is CCCCCCCCNc1ccc(Sc2ncn[nH]2)cc1. The Morgan fingerprint density at radius 2 is 1.81 bits per heavy atom. The Labute approximate surface area is 131 Å². The number of aromatic nitrogens is 3. The lowest BCUT2D eigenvalue weighted by atomic mass is 10.1. The van der Waals surface area contributed by atoms with Crippen LogP contribution in [-0.2, 0) is 0 Å². The summed E-state index contributed by atoms with van der Waals surface area (Å²) in [6.07, 6.45) is 9.53. The fourth-order valence-electron chi connectivity index (χ4n) is 2.13. The monoisotopic (exact) mass is 304 g/mol. The number of anilines is 1. The van der Waals surface area contributed by atoms with Crippen LogP contribution in [0.25, 0.3) is 0 Å². The highest BCUT2D eigenvalue weighted by molar-refractivity contribution is 7.99. The molecule has 1 heterocycles. The van der Waals surface area contributed by atoms with Crippen molar-refractivity contribution >= 4 is 17.4 Å². The molecule has 114 valence electrons. The van der Waals surface area contributed by atoms with Crippen molar-refractivity contribution in [2.75, 3.05) is 11.9 Å². The molecule has 2 rings (SSSR count). The largest absolute Gasteiger partial charge is 0.385 e. The van der Waals surface area contributed by atoms with Crippen molar-refractivity contribution in [1.29, 1.82) is 0 Å². The predicted octanol–water partition coefficient (Wildman–Crippen LogP) is 4.73. The number of aromatic amines is 1. The Kier molecular flexibility index (Phi) is 7.15. The van der Waals surface area contributed by atoms with E-state index in [-0.39, 0.29) is 0 Å². The summed E-state index contributed by atoms with van der Waals surface area (Å²) in [6.45, 7) is 3.31. The van der Waals surface area contributed by atoms with Crippen LogP contribution in [0.2, 0.25) is 0 Å². The first kappa shape index (κ1) is 15.9. The average Bonchev–Trinajstić information content (AvgIpc) is 3.01. The Morgan fingerprint density at radius 1 is 1.05 bits per heavy atom. The molecule has 0 aliphatic carbocycles. The van der Waals surface area contributed by atoms with E-state index in [9.17, 15) is 0 Å². The summed E-state index contributed by atoms with van der Waals surface area (Å²) >= 11 is 1.59. The fraction of sp³-hybridized carbons (Fsp3) is 0.500. The van der Waals surface area contributed by atoms with Gasteiger partial charge in [0.25, 0.3) is 0 Å². The zero-order valence-electron chi connectivity index (χ0n) is 12.6. The molecule has 4 nitrogen and oxygen atoms in total. The summed E-state index contributed by atoms with van der Waals surface area (Å²) in [5.74, 6) is 0. The minimum Gasteiger partial charge on any atom is -0.385 e. The second-order valence-electron chi connectivity index (χ2n) is 5.11. The van der Waals surface area contributed by atoms with Gasteiger partial charge in [-0.05, 0) is 30.7 Å². The summed E-state index contributed by atoms with van der Waals surface area (Å²) in [5, 5.41) is 11.0. The van der Waals surface area contributed by atoms with Gasteiger partial charge in [-0.25, -0.2) is 4.98 Å². The maximum atomic E-state index is 4.11. The first-order valence-electron chi connectivity index (χ1n) is 7.75. The molecule has 0 bridgehead atoms. The molecule has 0 spiro atoms. The Balaban J connectivity index is 1.63. The van der Waals surface area contributed by atoms with Crippen LogP contribution in [0.4, 0.5) is 5.69 Å². The van der Waals surface area contributed by atoms with Gasteiger partial charge < -0.3 is 5.32 Å². The number of hydrogen-bond acceptors (Lipinski definition) is 4. The first-order valence-corrected chi connectivity index (χ1v) is 8.57. The number of rotatable bonds is 10. The van der Waals surface area contributed by atoms with Crippen LogP contribution in [0, 0.1) is 0 Å². The Bertz CT molecular complexity index is 481. The van der Waals surface area contributed by atoms with Crippen molar-refractivity contribution in [3.8, 4) is 0 Å². The van der Waals surface area contributed by atoms with Gasteiger partial charge in [0.05, 0.1) is 0 Å². The molecule has 0 atom stereocenters. The predicted molar refractivity (Wildman–Crippen MR) is 88.8 cm³/mol. The van der Waals surface area contributed by atoms with Crippen LogP contribution in [-0.4, -0.2) is 21.7 Å². The molecular formula is C16H24N4S. The molecule has 0 aliphatic rings. The first-order chi connectivity index (χ1) is 10.4. The zero-order chi connectivity index (χ0) is 14.8. The van der Waals surface area contributed by atoms with E-state index in [1.165, 1.54) is 50.5 Å². The lowest BCUT2D eigenvalue weighted by Gasteiger charge is -2.07. The zero-order valence-corrected chi connectivity index (χ0v) is 13.5. The van der Waals surface area contributed by atoms with Gasteiger partial charge in [0.15, 0.2) is 5.16 Å². The molecule has 2 aromatic rings.